The van der Waals surface area contributed by atoms with Crippen LogP contribution in [0.15, 0.2) is 12.7 Å². The van der Waals surface area contributed by atoms with Gasteiger partial charge in [-0.3, -0.25) is 4.79 Å². The highest BCUT2D eigenvalue weighted by atomic mass is 32.2. The van der Waals surface area contributed by atoms with Crippen LogP contribution < -0.4 is 10.6 Å². The van der Waals surface area contributed by atoms with Crippen LogP contribution in [0.4, 0.5) is 0 Å². The van der Waals surface area contributed by atoms with E-state index < -0.39 is 0 Å². The Balaban J connectivity index is 2.15. The Morgan fingerprint density at radius 1 is 1.62 bits per heavy atom. The molecule has 92 valence electrons. The number of carbonyl (C=O) groups is 1. The number of nitrogens with one attached hydrogen (secondary N) is 2. The maximum Gasteiger partial charge on any atom is 0.237 e. The van der Waals surface area contributed by atoms with Crippen LogP contribution in [0.25, 0.3) is 0 Å². The summed E-state index contributed by atoms with van der Waals surface area (Å²) in [7, 11) is 0. The molecule has 1 rings (SSSR count). The van der Waals surface area contributed by atoms with E-state index in [4.69, 9.17) is 0 Å². The number of amides is 1. The van der Waals surface area contributed by atoms with Gasteiger partial charge in [-0.05, 0) is 6.92 Å². The summed E-state index contributed by atoms with van der Waals surface area (Å²) in [6.45, 7) is 6.93. The van der Waals surface area contributed by atoms with E-state index in [2.05, 4.69) is 17.2 Å². The van der Waals surface area contributed by atoms with E-state index in [0.29, 0.717) is 11.8 Å². The van der Waals surface area contributed by atoms with Crippen molar-refractivity contribution in [2.75, 3.05) is 30.3 Å². The van der Waals surface area contributed by atoms with Crippen LogP contribution in [-0.4, -0.2) is 47.5 Å². The van der Waals surface area contributed by atoms with Crippen LogP contribution in [0, 0.1) is 0 Å². The lowest BCUT2D eigenvalue weighted by atomic mass is 10.3. The van der Waals surface area contributed by atoms with Gasteiger partial charge in [0.2, 0.25) is 5.91 Å². The fraction of sp³-hybridized carbons (Fsp3) is 0.727. The molecule has 3 nitrogen and oxygen atoms in total. The highest BCUT2D eigenvalue weighted by molar-refractivity contribution is 8.06. The minimum absolute atomic E-state index is 0.0494. The zero-order chi connectivity index (χ0) is 11.8. The summed E-state index contributed by atoms with van der Waals surface area (Å²) in [6.07, 6.45) is 1.69. The molecule has 1 amide bonds. The third-order valence-electron chi connectivity index (χ3n) is 2.35. The van der Waals surface area contributed by atoms with Crippen molar-refractivity contribution in [2.45, 2.75) is 18.2 Å². The molecule has 0 spiro atoms. The van der Waals surface area contributed by atoms with Crippen LogP contribution in [0.5, 0.6) is 0 Å². The van der Waals surface area contributed by atoms with Gasteiger partial charge in [0.05, 0.1) is 6.04 Å². The van der Waals surface area contributed by atoms with Crippen LogP contribution in [0.2, 0.25) is 0 Å². The fourth-order valence-corrected chi connectivity index (χ4v) is 4.01. The summed E-state index contributed by atoms with van der Waals surface area (Å²) in [5.41, 5.74) is 0. The number of thioether (sulfide) groups is 2. The van der Waals surface area contributed by atoms with Crippen molar-refractivity contribution in [3.05, 3.63) is 12.7 Å². The molecule has 0 aliphatic carbocycles. The van der Waals surface area contributed by atoms with Crippen LogP contribution in [0.3, 0.4) is 0 Å². The normalized spacial score (nSPS) is 22.4. The van der Waals surface area contributed by atoms with Crippen LogP contribution in [0.1, 0.15) is 6.92 Å². The fourth-order valence-electron chi connectivity index (χ4n) is 1.38. The highest BCUT2D eigenvalue weighted by Crippen LogP contribution is 2.23. The molecule has 0 radical (unpaired) electrons. The second-order valence-electron chi connectivity index (χ2n) is 3.73. The van der Waals surface area contributed by atoms with E-state index in [1.807, 2.05) is 30.4 Å². The van der Waals surface area contributed by atoms with E-state index in [1.165, 1.54) is 17.3 Å². The Labute approximate surface area is 106 Å². The predicted molar refractivity (Wildman–Crippen MR) is 74.2 cm³/mol. The predicted octanol–water partition coefficient (Wildman–Crippen LogP) is 1.12. The molecule has 0 aromatic rings. The molecule has 2 atom stereocenters. The molecule has 1 aliphatic heterocycles. The van der Waals surface area contributed by atoms with Gasteiger partial charge in [-0.15, -0.1) is 6.58 Å². The zero-order valence-electron chi connectivity index (χ0n) is 9.70. The van der Waals surface area contributed by atoms with Gasteiger partial charge in [-0.2, -0.15) is 23.5 Å². The van der Waals surface area contributed by atoms with E-state index in [-0.39, 0.29) is 11.9 Å². The largest absolute Gasteiger partial charge is 0.351 e. The lowest BCUT2D eigenvalue weighted by molar-refractivity contribution is -0.122. The Morgan fingerprint density at radius 3 is 3.06 bits per heavy atom. The second kappa shape index (κ2) is 8.03. The van der Waals surface area contributed by atoms with Crippen LogP contribution in [-0.2, 0) is 4.79 Å². The first-order valence-corrected chi connectivity index (χ1v) is 7.75. The van der Waals surface area contributed by atoms with Gasteiger partial charge >= 0.3 is 0 Å². The second-order valence-corrected chi connectivity index (χ2v) is 6.29. The molecule has 1 fully saturated rings. The van der Waals surface area contributed by atoms with Crippen molar-refractivity contribution in [3.63, 3.8) is 0 Å². The molecule has 0 bridgehead atoms. The Morgan fingerprint density at radius 2 is 2.44 bits per heavy atom. The van der Waals surface area contributed by atoms with Crippen molar-refractivity contribution in [1.82, 2.24) is 10.6 Å². The van der Waals surface area contributed by atoms with Gasteiger partial charge in [0, 0.05) is 35.6 Å². The number of rotatable bonds is 6. The first-order chi connectivity index (χ1) is 7.74. The maximum absolute atomic E-state index is 11.5. The molecular weight excluding hydrogens is 240 g/mol. The van der Waals surface area contributed by atoms with Crippen molar-refractivity contribution >= 4 is 29.4 Å². The molecule has 1 heterocycles. The monoisotopic (exact) mass is 260 g/mol. The summed E-state index contributed by atoms with van der Waals surface area (Å²) in [6, 6.07) is -0.118. The molecular formula is C11H20N2OS2. The average Bonchev–Trinajstić information content (AvgIpc) is 2.34. The van der Waals surface area contributed by atoms with Gasteiger partial charge in [-0.25, -0.2) is 0 Å². The lowest BCUT2D eigenvalue weighted by Gasteiger charge is -2.23. The first kappa shape index (κ1) is 13.9. The van der Waals surface area contributed by atoms with Crippen LogP contribution >= 0.6 is 23.5 Å². The SMILES string of the molecule is C=CCNC(=O)C(C)NCC1CSCCS1. The Kier molecular flexibility index (Phi) is 7.00. The molecule has 0 aromatic heterocycles. The zero-order valence-corrected chi connectivity index (χ0v) is 11.3. The molecule has 2 unspecified atom stereocenters. The van der Waals surface area contributed by atoms with Crippen molar-refractivity contribution < 1.29 is 4.79 Å². The third-order valence-corrected chi connectivity index (χ3v) is 5.20. The topological polar surface area (TPSA) is 41.1 Å². The Bertz CT molecular complexity index is 230. The first-order valence-electron chi connectivity index (χ1n) is 5.55. The molecule has 0 saturated carbocycles. The van der Waals surface area contributed by atoms with Gasteiger partial charge in [-0.1, -0.05) is 6.08 Å². The van der Waals surface area contributed by atoms with Gasteiger partial charge in [0.25, 0.3) is 0 Å². The minimum atomic E-state index is -0.118. The van der Waals surface area contributed by atoms with Crippen molar-refractivity contribution in [2.24, 2.45) is 0 Å². The number of hydrogen-bond donors (Lipinski definition) is 2. The van der Waals surface area contributed by atoms with E-state index in [9.17, 15) is 4.79 Å². The van der Waals surface area contributed by atoms with E-state index >= 15 is 0 Å². The van der Waals surface area contributed by atoms with Crippen molar-refractivity contribution in [1.29, 1.82) is 0 Å². The minimum Gasteiger partial charge on any atom is -0.351 e. The van der Waals surface area contributed by atoms with Gasteiger partial charge in [0.1, 0.15) is 0 Å². The van der Waals surface area contributed by atoms with Gasteiger partial charge in [0.15, 0.2) is 0 Å². The molecule has 1 saturated heterocycles. The molecule has 16 heavy (non-hydrogen) atoms. The number of carbonyl (C=O) groups excluding carboxylic acids is 1. The smallest absolute Gasteiger partial charge is 0.237 e. The maximum atomic E-state index is 11.5. The quantitative estimate of drug-likeness (QED) is 0.702. The third kappa shape index (κ3) is 5.27. The molecule has 5 heteroatoms. The Hall–Kier alpha value is -0.130. The molecule has 0 aromatic carbocycles. The summed E-state index contributed by atoms with van der Waals surface area (Å²) in [5.74, 6) is 3.73. The summed E-state index contributed by atoms with van der Waals surface area (Å²) < 4.78 is 0. The lowest BCUT2D eigenvalue weighted by Crippen LogP contribution is -2.45. The summed E-state index contributed by atoms with van der Waals surface area (Å²) in [5, 5.41) is 6.72. The van der Waals surface area contributed by atoms with Crippen molar-refractivity contribution in [3.8, 4) is 0 Å². The number of hydrogen-bond acceptors (Lipinski definition) is 4. The summed E-state index contributed by atoms with van der Waals surface area (Å²) in [4.78, 5) is 11.5. The summed E-state index contributed by atoms with van der Waals surface area (Å²) >= 11 is 4.01. The van der Waals surface area contributed by atoms with Gasteiger partial charge < -0.3 is 10.6 Å². The molecule has 2 N–H and O–H groups in total. The molecule has 1 aliphatic rings. The average molecular weight is 260 g/mol. The van der Waals surface area contributed by atoms with E-state index in [0.717, 1.165) is 6.54 Å². The highest BCUT2D eigenvalue weighted by Gasteiger charge is 2.17. The van der Waals surface area contributed by atoms with E-state index in [1.54, 1.807) is 6.08 Å². The standard InChI is InChI=1S/C11H20N2OS2/c1-3-4-12-11(14)9(2)13-7-10-8-15-5-6-16-10/h3,9-10,13H,1,4-8H2,2H3,(H,12,14).